The Hall–Kier alpha value is -0.900. The van der Waals surface area contributed by atoms with Gasteiger partial charge >= 0.3 is 0 Å². The summed E-state index contributed by atoms with van der Waals surface area (Å²) in [7, 11) is 2.03. The minimum absolute atomic E-state index is 0.319. The van der Waals surface area contributed by atoms with Crippen molar-refractivity contribution in [3.63, 3.8) is 0 Å². The minimum atomic E-state index is 0.319. The monoisotopic (exact) mass is 247 g/mol. The quantitative estimate of drug-likeness (QED) is 0.898. The fourth-order valence-corrected chi connectivity index (χ4v) is 3.62. The maximum Gasteiger partial charge on any atom is 0.0771 e. The van der Waals surface area contributed by atoms with Gasteiger partial charge in [-0.2, -0.15) is 0 Å². The van der Waals surface area contributed by atoms with Crippen LogP contribution in [0.15, 0.2) is 29.6 Å². The summed E-state index contributed by atoms with van der Waals surface area (Å²) in [5, 5.41) is 6.93. The topological polar surface area (TPSA) is 21.3 Å². The van der Waals surface area contributed by atoms with Crippen LogP contribution in [0, 0.1) is 0 Å². The normalized spacial score (nSPS) is 22.1. The van der Waals surface area contributed by atoms with Gasteiger partial charge in [0.1, 0.15) is 0 Å². The molecule has 1 fully saturated rings. The molecule has 2 heterocycles. The van der Waals surface area contributed by atoms with Gasteiger partial charge in [-0.1, -0.05) is 18.2 Å². The summed E-state index contributed by atoms with van der Waals surface area (Å²) in [5.74, 6) is 0. The average Bonchev–Trinajstić information content (AvgIpc) is 3.00. The first-order valence-corrected chi connectivity index (χ1v) is 7.03. The smallest absolute Gasteiger partial charge is 0.0771 e. The molecule has 1 N–H and O–H groups in total. The van der Waals surface area contributed by atoms with E-state index < -0.39 is 0 Å². The first-order chi connectivity index (χ1) is 8.40. The molecule has 0 bridgehead atoms. The van der Waals surface area contributed by atoms with Crippen molar-refractivity contribution in [2.24, 2.45) is 0 Å². The lowest BCUT2D eigenvalue weighted by Crippen LogP contribution is -2.28. The van der Waals surface area contributed by atoms with Crippen LogP contribution in [-0.2, 0) is 4.74 Å². The van der Waals surface area contributed by atoms with Gasteiger partial charge < -0.3 is 10.1 Å². The molecule has 0 radical (unpaired) electrons. The van der Waals surface area contributed by atoms with Gasteiger partial charge in [-0.3, -0.25) is 0 Å². The largest absolute Gasteiger partial charge is 0.376 e. The third kappa shape index (κ3) is 1.99. The van der Waals surface area contributed by atoms with Crippen molar-refractivity contribution in [1.29, 1.82) is 0 Å². The second-order valence-corrected chi connectivity index (χ2v) is 5.42. The predicted octanol–water partition coefficient (Wildman–Crippen LogP) is 3.34. The molecule has 3 rings (SSSR count). The van der Waals surface area contributed by atoms with Crippen molar-refractivity contribution in [3.05, 3.63) is 35.2 Å². The second-order valence-electron chi connectivity index (χ2n) is 4.50. The van der Waals surface area contributed by atoms with Gasteiger partial charge in [0, 0.05) is 11.3 Å². The van der Waals surface area contributed by atoms with E-state index in [4.69, 9.17) is 4.74 Å². The molecule has 3 heteroatoms. The van der Waals surface area contributed by atoms with E-state index >= 15 is 0 Å². The number of ether oxygens (including phenoxy) is 1. The van der Waals surface area contributed by atoms with Gasteiger partial charge in [-0.05, 0) is 42.3 Å². The van der Waals surface area contributed by atoms with Gasteiger partial charge in [0.05, 0.1) is 12.1 Å². The van der Waals surface area contributed by atoms with Gasteiger partial charge in [0.15, 0.2) is 0 Å². The summed E-state index contributed by atoms with van der Waals surface area (Å²) in [6.45, 7) is 0.906. The predicted molar refractivity (Wildman–Crippen MR) is 72.6 cm³/mol. The number of thiophene rings is 1. The van der Waals surface area contributed by atoms with Crippen molar-refractivity contribution in [1.82, 2.24) is 5.32 Å². The van der Waals surface area contributed by atoms with Crippen molar-refractivity contribution in [3.8, 4) is 0 Å². The first-order valence-electron chi connectivity index (χ1n) is 6.15. The van der Waals surface area contributed by atoms with Crippen molar-refractivity contribution in [2.75, 3.05) is 13.7 Å². The highest BCUT2D eigenvalue weighted by molar-refractivity contribution is 7.17. The maximum atomic E-state index is 5.83. The number of benzene rings is 1. The second kappa shape index (κ2) is 4.77. The lowest BCUT2D eigenvalue weighted by molar-refractivity contribution is 0.0812. The number of likely N-dealkylation sites (N-methyl/N-ethyl adjacent to an activating group) is 1. The summed E-state index contributed by atoms with van der Waals surface area (Å²) >= 11 is 1.82. The van der Waals surface area contributed by atoms with Gasteiger partial charge in [0.2, 0.25) is 0 Å². The van der Waals surface area contributed by atoms with Crippen LogP contribution in [0.2, 0.25) is 0 Å². The maximum absolute atomic E-state index is 5.83. The number of hydrogen-bond donors (Lipinski definition) is 1. The van der Waals surface area contributed by atoms with Crippen molar-refractivity contribution >= 4 is 21.4 Å². The van der Waals surface area contributed by atoms with E-state index in [0.717, 1.165) is 13.0 Å². The molecule has 90 valence electrons. The SMILES string of the molecule is CNC(c1cccc2ccsc12)C1CCCO1. The zero-order valence-corrected chi connectivity index (χ0v) is 10.8. The average molecular weight is 247 g/mol. The third-order valence-electron chi connectivity index (χ3n) is 3.49. The number of rotatable bonds is 3. The van der Waals surface area contributed by atoms with Crippen LogP contribution in [0.4, 0.5) is 0 Å². The van der Waals surface area contributed by atoms with Crippen LogP contribution in [0.25, 0.3) is 10.1 Å². The van der Waals surface area contributed by atoms with E-state index in [1.807, 2.05) is 18.4 Å². The van der Waals surface area contributed by atoms with E-state index in [1.165, 1.54) is 22.1 Å². The fourth-order valence-electron chi connectivity index (χ4n) is 2.67. The Morgan fingerprint density at radius 1 is 1.41 bits per heavy atom. The molecule has 17 heavy (non-hydrogen) atoms. The van der Waals surface area contributed by atoms with Crippen molar-refractivity contribution in [2.45, 2.75) is 25.0 Å². The summed E-state index contributed by atoms with van der Waals surface area (Å²) in [5.41, 5.74) is 1.38. The number of nitrogens with one attached hydrogen (secondary N) is 1. The highest BCUT2D eigenvalue weighted by atomic mass is 32.1. The van der Waals surface area contributed by atoms with E-state index in [1.54, 1.807) is 0 Å². The van der Waals surface area contributed by atoms with Gasteiger partial charge in [0.25, 0.3) is 0 Å². The Balaban J connectivity index is 2.02. The zero-order chi connectivity index (χ0) is 11.7. The molecule has 1 aliphatic heterocycles. The Morgan fingerprint density at radius 3 is 3.12 bits per heavy atom. The summed E-state index contributed by atoms with van der Waals surface area (Å²) in [6.07, 6.45) is 2.67. The van der Waals surface area contributed by atoms with Crippen LogP contribution in [0.3, 0.4) is 0 Å². The zero-order valence-electron chi connectivity index (χ0n) is 9.98. The molecule has 1 aromatic heterocycles. The Bertz CT molecular complexity index is 502. The molecule has 0 aliphatic carbocycles. The first kappa shape index (κ1) is 11.2. The van der Waals surface area contributed by atoms with Crippen LogP contribution < -0.4 is 5.32 Å². The lowest BCUT2D eigenvalue weighted by atomic mass is 9.98. The fraction of sp³-hybridized carbons (Fsp3) is 0.429. The molecular formula is C14H17NOS. The molecule has 0 saturated carbocycles. The molecule has 1 saturated heterocycles. The van der Waals surface area contributed by atoms with Gasteiger partial charge in [-0.15, -0.1) is 11.3 Å². The third-order valence-corrected chi connectivity index (χ3v) is 4.47. The highest BCUT2D eigenvalue weighted by Gasteiger charge is 2.27. The van der Waals surface area contributed by atoms with Gasteiger partial charge in [-0.25, -0.2) is 0 Å². The molecule has 2 nitrogen and oxygen atoms in total. The highest BCUT2D eigenvalue weighted by Crippen LogP contribution is 2.33. The van der Waals surface area contributed by atoms with E-state index in [0.29, 0.717) is 12.1 Å². The minimum Gasteiger partial charge on any atom is -0.376 e. The number of fused-ring (bicyclic) bond motifs is 1. The molecule has 2 atom stereocenters. The molecular weight excluding hydrogens is 230 g/mol. The molecule has 1 aliphatic rings. The molecule has 0 amide bonds. The Kier molecular flexibility index (Phi) is 3.14. The molecule has 0 spiro atoms. The lowest BCUT2D eigenvalue weighted by Gasteiger charge is -2.23. The summed E-state index contributed by atoms with van der Waals surface area (Å²) < 4.78 is 7.22. The van der Waals surface area contributed by atoms with E-state index in [-0.39, 0.29) is 0 Å². The van der Waals surface area contributed by atoms with Crippen molar-refractivity contribution < 1.29 is 4.74 Å². The van der Waals surface area contributed by atoms with E-state index in [9.17, 15) is 0 Å². The van der Waals surface area contributed by atoms with E-state index in [2.05, 4.69) is 35.0 Å². The summed E-state index contributed by atoms with van der Waals surface area (Å²) in [4.78, 5) is 0. The van der Waals surface area contributed by atoms with Crippen LogP contribution in [0.1, 0.15) is 24.4 Å². The van der Waals surface area contributed by atoms with Crippen LogP contribution >= 0.6 is 11.3 Å². The summed E-state index contributed by atoms with van der Waals surface area (Å²) in [6, 6.07) is 9.05. The van der Waals surface area contributed by atoms with Crippen LogP contribution in [0.5, 0.6) is 0 Å². The Morgan fingerprint density at radius 2 is 2.35 bits per heavy atom. The Labute approximate surface area is 106 Å². The molecule has 1 aromatic carbocycles. The number of hydrogen-bond acceptors (Lipinski definition) is 3. The standard InChI is InChI=1S/C14H17NOS/c1-15-13(12-6-3-8-16-12)11-5-2-4-10-7-9-17-14(10)11/h2,4-5,7,9,12-13,15H,3,6,8H2,1H3. The van der Waals surface area contributed by atoms with Crippen LogP contribution in [-0.4, -0.2) is 19.8 Å². The molecule has 2 unspecified atom stereocenters. The molecule has 2 aromatic rings.